The third-order valence-corrected chi connectivity index (χ3v) is 3.75. The van der Waals surface area contributed by atoms with Crippen LogP contribution in [-0.2, 0) is 6.61 Å². The van der Waals surface area contributed by atoms with Crippen molar-refractivity contribution in [2.24, 2.45) is 0 Å². The average molecular weight is 328 g/mol. The molecule has 0 saturated carbocycles. The highest BCUT2D eigenvalue weighted by atomic mass is 79.9. The molecule has 0 N–H and O–H groups in total. The molecule has 0 heterocycles. The van der Waals surface area contributed by atoms with Gasteiger partial charge in [-0.1, -0.05) is 29.8 Å². The van der Waals surface area contributed by atoms with E-state index in [0.29, 0.717) is 17.4 Å². The maximum absolute atomic E-state index is 6.12. The molecule has 0 radical (unpaired) electrons. The highest BCUT2D eigenvalue weighted by Crippen LogP contribution is 2.32. The Morgan fingerprint density at radius 3 is 2.50 bits per heavy atom. The molecule has 0 aliphatic heterocycles. The summed E-state index contributed by atoms with van der Waals surface area (Å²) in [5.74, 6) is 1.50. The number of hydrogen-bond donors (Lipinski definition) is 0. The molecule has 0 unspecified atom stereocenters. The van der Waals surface area contributed by atoms with Gasteiger partial charge in [0.25, 0.3) is 0 Å². The largest absolute Gasteiger partial charge is 0.497 e. The predicted molar refractivity (Wildman–Crippen MR) is 76.5 cm³/mol. The van der Waals surface area contributed by atoms with Gasteiger partial charge in [0.1, 0.15) is 18.1 Å². The zero-order valence-electron chi connectivity index (χ0n) is 9.82. The third-order valence-electron chi connectivity index (χ3n) is 2.47. The molecule has 0 atom stereocenters. The van der Waals surface area contributed by atoms with Crippen molar-refractivity contribution >= 4 is 27.5 Å². The second-order valence-electron chi connectivity index (χ2n) is 3.69. The Kier molecular flexibility index (Phi) is 4.50. The van der Waals surface area contributed by atoms with Gasteiger partial charge in [-0.05, 0) is 45.8 Å². The molecule has 0 bridgehead atoms. The Labute approximate surface area is 120 Å². The van der Waals surface area contributed by atoms with Crippen LogP contribution >= 0.6 is 27.5 Å². The Balaban J connectivity index is 2.04. The molecular weight excluding hydrogens is 316 g/mol. The molecule has 2 aromatic rings. The molecule has 18 heavy (non-hydrogen) atoms. The SMILES string of the molecule is COc1ccc(COc2cccc(Br)c2Cl)cc1. The van der Waals surface area contributed by atoms with Crippen molar-refractivity contribution < 1.29 is 9.47 Å². The lowest BCUT2D eigenvalue weighted by Crippen LogP contribution is -1.96. The first-order valence-corrected chi connectivity index (χ1v) is 6.57. The minimum absolute atomic E-state index is 0.472. The van der Waals surface area contributed by atoms with Crippen LogP contribution in [0, 0.1) is 0 Å². The smallest absolute Gasteiger partial charge is 0.139 e. The van der Waals surface area contributed by atoms with E-state index < -0.39 is 0 Å². The lowest BCUT2D eigenvalue weighted by molar-refractivity contribution is 0.306. The second kappa shape index (κ2) is 6.12. The van der Waals surface area contributed by atoms with Gasteiger partial charge < -0.3 is 9.47 Å². The number of hydrogen-bond acceptors (Lipinski definition) is 2. The fraction of sp³-hybridized carbons (Fsp3) is 0.143. The molecule has 0 aromatic heterocycles. The van der Waals surface area contributed by atoms with Crippen molar-refractivity contribution in [3.8, 4) is 11.5 Å². The molecule has 0 fully saturated rings. The van der Waals surface area contributed by atoms with Gasteiger partial charge in [0.15, 0.2) is 0 Å². The van der Waals surface area contributed by atoms with Crippen LogP contribution in [0.1, 0.15) is 5.56 Å². The van der Waals surface area contributed by atoms with Gasteiger partial charge in [0.2, 0.25) is 0 Å². The molecule has 0 spiro atoms. The van der Waals surface area contributed by atoms with E-state index in [1.807, 2.05) is 42.5 Å². The molecule has 2 nitrogen and oxygen atoms in total. The van der Waals surface area contributed by atoms with Crippen molar-refractivity contribution in [1.82, 2.24) is 0 Å². The maximum Gasteiger partial charge on any atom is 0.139 e. The van der Waals surface area contributed by atoms with Gasteiger partial charge in [-0.25, -0.2) is 0 Å². The number of halogens is 2. The molecule has 0 amide bonds. The van der Waals surface area contributed by atoms with Crippen LogP contribution < -0.4 is 9.47 Å². The second-order valence-corrected chi connectivity index (χ2v) is 4.92. The molecule has 0 aliphatic rings. The summed E-state index contributed by atoms with van der Waals surface area (Å²) in [6, 6.07) is 13.3. The summed E-state index contributed by atoms with van der Waals surface area (Å²) in [7, 11) is 1.65. The van der Waals surface area contributed by atoms with E-state index >= 15 is 0 Å². The monoisotopic (exact) mass is 326 g/mol. The summed E-state index contributed by atoms with van der Waals surface area (Å²) in [5.41, 5.74) is 1.06. The average Bonchev–Trinajstić information content (AvgIpc) is 2.41. The lowest BCUT2D eigenvalue weighted by Gasteiger charge is -2.09. The first-order chi connectivity index (χ1) is 8.70. The lowest BCUT2D eigenvalue weighted by atomic mass is 10.2. The van der Waals surface area contributed by atoms with Gasteiger partial charge in [0.05, 0.1) is 12.1 Å². The maximum atomic E-state index is 6.12. The first-order valence-electron chi connectivity index (χ1n) is 5.40. The van der Waals surface area contributed by atoms with E-state index in [0.717, 1.165) is 15.8 Å². The Hall–Kier alpha value is -1.19. The first kappa shape index (κ1) is 13.2. The van der Waals surface area contributed by atoms with Gasteiger partial charge >= 0.3 is 0 Å². The van der Waals surface area contributed by atoms with Crippen LogP contribution in [-0.4, -0.2) is 7.11 Å². The van der Waals surface area contributed by atoms with Gasteiger partial charge in [0, 0.05) is 4.47 Å². The Bertz CT molecular complexity index is 526. The van der Waals surface area contributed by atoms with Crippen LogP contribution in [0.3, 0.4) is 0 Å². The summed E-state index contributed by atoms with van der Waals surface area (Å²) in [6.45, 7) is 0.472. The summed E-state index contributed by atoms with van der Waals surface area (Å²) < 4.78 is 11.6. The minimum atomic E-state index is 0.472. The Morgan fingerprint density at radius 2 is 1.83 bits per heavy atom. The zero-order valence-corrected chi connectivity index (χ0v) is 12.2. The zero-order chi connectivity index (χ0) is 13.0. The number of benzene rings is 2. The van der Waals surface area contributed by atoms with E-state index in [4.69, 9.17) is 21.1 Å². The van der Waals surface area contributed by atoms with E-state index in [9.17, 15) is 0 Å². The standard InChI is InChI=1S/C14H12BrClO2/c1-17-11-7-5-10(6-8-11)9-18-13-4-2-3-12(15)14(13)16/h2-8H,9H2,1H3. The van der Waals surface area contributed by atoms with Crippen molar-refractivity contribution in [3.05, 3.63) is 57.5 Å². The summed E-state index contributed by atoms with van der Waals surface area (Å²) in [6.07, 6.45) is 0. The van der Waals surface area contributed by atoms with E-state index in [1.165, 1.54) is 0 Å². The van der Waals surface area contributed by atoms with Gasteiger partial charge in [-0.3, -0.25) is 0 Å². The van der Waals surface area contributed by atoms with E-state index in [-0.39, 0.29) is 0 Å². The van der Waals surface area contributed by atoms with Crippen LogP contribution in [0.2, 0.25) is 5.02 Å². The van der Waals surface area contributed by atoms with Crippen LogP contribution in [0.25, 0.3) is 0 Å². The van der Waals surface area contributed by atoms with Gasteiger partial charge in [-0.2, -0.15) is 0 Å². The molecular formula is C14H12BrClO2. The fourth-order valence-electron chi connectivity index (χ4n) is 1.48. The molecule has 4 heteroatoms. The van der Waals surface area contributed by atoms with Crippen molar-refractivity contribution in [2.75, 3.05) is 7.11 Å². The highest BCUT2D eigenvalue weighted by Gasteiger charge is 2.05. The number of methoxy groups -OCH3 is 1. The summed E-state index contributed by atoms with van der Waals surface area (Å²) >= 11 is 9.48. The molecule has 2 rings (SSSR count). The quantitative estimate of drug-likeness (QED) is 0.811. The number of rotatable bonds is 4. The van der Waals surface area contributed by atoms with Crippen LogP contribution in [0.15, 0.2) is 46.9 Å². The van der Waals surface area contributed by atoms with Crippen molar-refractivity contribution in [3.63, 3.8) is 0 Å². The van der Waals surface area contributed by atoms with Crippen molar-refractivity contribution in [1.29, 1.82) is 0 Å². The van der Waals surface area contributed by atoms with E-state index in [1.54, 1.807) is 7.11 Å². The highest BCUT2D eigenvalue weighted by molar-refractivity contribution is 9.10. The molecule has 0 saturated heterocycles. The fourth-order valence-corrected chi connectivity index (χ4v) is 2.01. The molecule has 0 aliphatic carbocycles. The topological polar surface area (TPSA) is 18.5 Å². The predicted octanol–water partition coefficient (Wildman–Crippen LogP) is 4.69. The Morgan fingerprint density at radius 1 is 1.11 bits per heavy atom. The van der Waals surface area contributed by atoms with E-state index in [2.05, 4.69) is 15.9 Å². The normalized spacial score (nSPS) is 10.2. The summed E-state index contributed by atoms with van der Waals surface area (Å²) in [5, 5.41) is 0.589. The van der Waals surface area contributed by atoms with Crippen molar-refractivity contribution in [2.45, 2.75) is 6.61 Å². The number of ether oxygens (including phenoxy) is 2. The van der Waals surface area contributed by atoms with Crippen LogP contribution in [0.5, 0.6) is 11.5 Å². The molecule has 2 aromatic carbocycles. The van der Waals surface area contributed by atoms with Crippen LogP contribution in [0.4, 0.5) is 0 Å². The third kappa shape index (κ3) is 3.18. The van der Waals surface area contributed by atoms with Gasteiger partial charge in [-0.15, -0.1) is 0 Å². The summed E-state index contributed by atoms with van der Waals surface area (Å²) in [4.78, 5) is 0. The minimum Gasteiger partial charge on any atom is -0.497 e. The molecule has 94 valence electrons.